The first kappa shape index (κ1) is 17.2. The molecule has 4 N–H and O–H groups in total. The zero-order valence-corrected chi connectivity index (χ0v) is 12.4. The number of anilines is 1. The van der Waals surface area contributed by atoms with E-state index in [1.165, 1.54) is 16.9 Å². The van der Waals surface area contributed by atoms with Gasteiger partial charge in [0.25, 0.3) is 0 Å². The number of halogens is 3. The molecule has 126 valence electrons. The summed E-state index contributed by atoms with van der Waals surface area (Å²) < 4.78 is 65.5. The molecule has 1 aromatic carbocycles. The fraction of sp³-hybridized carbons (Fsp3) is 0.231. The van der Waals surface area contributed by atoms with Crippen LogP contribution in [0.15, 0.2) is 48.2 Å². The summed E-state index contributed by atoms with van der Waals surface area (Å²) in [6, 6.07) is 6.10. The number of ether oxygens (including phenoxy) is 1. The van der Waals surface area contributed by atoms with E-state index in [2.05, 4.69) is 0 Å². The van der Waals surface area contributed by atoms with Gasteiger partial charge in [-0.05, 0) is 36.4 Å². The molecule has 0 fully saturated rings. The lowest BCUT2D eigenvalue weighted by atomic mass is 10.1. The van der Waals surface area contributed by atoms with Crippen molar-refractivity contribution in [3.05, 3.63) is 48.2 Å². The number of aliphatic hydroxyl groups is 1. The summed E-state index contributed by atoms with van der Waals surface area (Å²) in [5, 5.41) is 10.2. The van der Waals surface area contributed by atoms with Crippen molar-refractivity contribution in [1.82, 2.24) is 4.72 Å². The van der Waals surface area contributed by atoms with Crippen molar-refractivity contribution in [2.75, 3.05) is 5.73 Å². The standard InChI is InChI=1S/C13H13F3N2O4S/c14-13(15,16)23(20,21)18-10-5-7-12(19,8-6-10)22-11-3-1-9(17)2-4-11/h1-7,18-19H,8,17H2. The Hall–Kier alpha value is -2.20. The number of sulfonamides is 1. The number of nitrogen functional groups attached to an aromatic ring is 1. The molecule has 23 heavy (non-hydrogen) atoms. The molecule has 2 rings (SSSR count). The molecule has 0 aromatic heterocycles. The number of rotatable bonds is 4. The summed E-state index contributed by atoms with van der Waals surface area (Å²) in [6.45, 7) is 0. The van der Waals surface area contributed by atoms with E-state index >= 15 is 0 Å². The quantitative estimate of drug-likeness (QED) is 0.566. The molecule has 0 radical (unpaired) electrons. The number of nitrogens with one attached hydrogen (secondary N) is 1. The Kier molecular flexibility index (Phi) is 4.31. The summed E-state index contributed by atoms with van der Waals surface area (Å²) in [5.41, 5.74) is 0.266. The molecule has 6 nitrogen and oxygen atoms in total. The predicted molar refractivity (Wildman–Crippen MR) is 76.4 cm³/mol. The van der Waals surface area contributed by atoms with Crippen LogP contribution < -0.4 is 15.2 Å². The van der Waals surface area contributed by atoms with Gasteiger partial charge in [0.2, 0.25) is 5.79 Å². The average molecular weight is 350 g/mol. The van der Waals surface area contributed by atoms with Gasteiger partial charge in [-0.15, -0.1) is 0 Å². The largest absolute Gasteiger partial charge is 0.516 e. The number of allylic oxidation sites excluding steroid dienone is 1. The first-order valence-electron chi connectivity index (χ1n) is 6.26. The molecular weight excluding hydrogens is 337 g/mol. The Labute approximate surface area is 130 Å². The van der Waals surface area contributed by atoms with E-state index in [9.17, 15) is 26.7 Å². The smallest absolute Gasteiger partial charge is 0.459 e. The Bertz CT molecular complexity index is 741. The minimum absolute atomic E-state index is 0.246. The highest BCUT2D eigenvalue weighted by Gasteiger charge is 2.46. The number of benzene rings is 1. The third-order valence-electron chi connectivity index (χ3n) is 2.87. The minimum atomic E-state index is -5.50. The highest BCUT2D eigenvalue weighted by Crippen LogP contribution is 2.27. The lowest BCUT2D eigenvalue weighted by molar-refractivity contribution is -0.0921. The summed E-state index contributed by atoms with van der Waals surface area (Å²) in [5.74, 6) is -1.51. The molecule has 1 unspecified atom stereocenters. The second-order valence-electron chi connectivity index (χ2n) is 4.76. The molecular formula is C13H13F3N2O4S. The summed E-state index contributed by atoms with van der Waals surface area (Å²) in [7, 11) is -5.50. The molecule has 0 saturated carbocycles. The molecule has 10 heteroatoms. The molecule has 0 heterocycles. The molecule has 1 atom stereocenters. The summed E-state index contributed by atoms with van der Waals surface area (Å²) in [6.07, 6.45) is 2.88. The zero-order chi connectivity index (χ0) is 17.3. The van der Waals surface area contributed by atoms with E-state index in [1.807, 2.05) is 0 Å². The van der Waals surface area contributed by atoms with Gasteiger partial charge in [-0.3, -0.25) is 4.72 Å². The van der Waals surface area contributed by atoms with Crippen molar-refractivity contribution in [3.8, 4) is 5.75 Å². The Balaban J connectivity index is 2.06. The van der Waals surface area contributed by atoms with Crippen LogP contribution in [0.4, 0.5) is 18.9 Å². The molecule has 1 aliphatic carbocycles. The molecule has 0 saturated heterocycles. The van der Waals surface area contributed by atoms with Gasteiger partial charge < -0.3 is 15.6 Å². The first-order valence-corrected chi connectivity index (χ1v) is 7.74. The van der Waals surface area contributed by atoms with Crippen LogP contribution >= 0.6 is 0 Å². The Morgan fingerprint density at radius 1 is 1.26 bits per heavy atom. The number of nitrogens with two attached hydrogens (primary N) is 1. The SMILES string of the molecule is Nc1ccc(OC2(O)C=CC(NS(=O)(=O)C(F)(F)F)=CC2)cc1. The molecule has 0 spiro atoms. The van der Waals surface area contributed by atoms with E-state index in [1.54, 1.807) is 12.1 Å². The van der Waals surface area contributed by atoms with Crippen molar-refractivity contribution in [2.24, 2.45) is 0 Å². The number of hydrogen-bond acceptors (Lipinski definition) is 5. The topological polar surface area (TPSA) is 102 Å². The summed E-state index contributed by atoms with van der Waals surface area (Å²) in [4.78, 5) is 0. The van der Waals surface area contributed by atoms with Gasteiger partial charge in [0.05, 0.1) is 0 Å². The first-order chi connectivity index (χ1) is 10.5. The highest BCUT2D eigenvalue weighted by atomic mass is 32.2. The Morgan fingerprint density at radius 3 is 2.35 bits per heavy atom. The molecule has 0 amide bonds. The molecule has 0 aliphatic heterocycles. The number of alkyl halides is 3. The van der Waals surface area contributed by atoms with Crippen LogP contribution in [0.25, 0.3) is 0 Å². The van der Waals surface area contributed by atoms with Crippen LogP contribution in [-0.2, 0) is 10.0 Å². The third kappa shape index (κ3) is 4.17. The second kappa shape index (κ2) is 5.78. The van der Waals surface area contributed by atoms with Crippen LogP contribution in [0, 0.1) is 0 Å². The van der Waals surface area contributed by atoms with E-state index < -0.39 is 21.3 Å². The van der Waals surface area contributed by atoms with Gasteiger partial charge >= 0.3 is 15.5 Å². The molecule has 1 aliphatic rings. The van der Waals surface area contributed by atoms with Crippen molar-refractivity contribution >= 4 is 15.7 Å². The van der Waals surface area contributed by atoms with Crippen LogP contribution in [0.2, 0.25) is 0 Å². The molecule has 1 aromatic rings. The van der Waals surface area contributed by atoms with E-state index in [0.29, 0.717) is 11.4 Å². The Morgan fingerprint density at radius 2 is 1.87 bits per heavy atom. The third-order valence-corrected chi connectivity index (χ3v) is 3.98. The second-order valence-corrected chi connectivity index (χ2v) is 6.44. The predicted octanol–water partition coefficient (Wildman–Crippen LogP) is 1.62. The maximum Gasteiger partial charge on any atom is 0.516 e. The van der Waals surface area contributed by atoms with Crippen molar-refractivity contribution < 1.29 is 31.4 Å². The van der Waals surface area contributed by atoms with Gasteiger partial charge in [0, 0.05) is 17.8 Å². The van der Waals surface area contributed by atoms with Crippen LogP contribution in [0.3, 0.4) is 0 Å². The zero-order valence-electron chi connectivity index (χ0n) is 11.5. The lowest BCUT2D eigenvalue weighted by Gasteiger charge is -2.27. The minimum Gasteiger partial charge on any atom is -0.459 e. The average Bonchev–Trinajstić information content (AvgIpc) is 2.43. The van der Waals surface area contributed by atoms with Crippen molar-refractivity contribution in [2.45, 2.75) is 17.7 Å². The van der Waals surface area contributed by atoms with Gasteiger partial charge in [-0.1, -0.05) is 6.08 Å². The van der Waals surface area contributed by atoms with Gasteiger partial charge in [0.15, 0.2) is 0 Å². The van der Waals surface area contributed by atoms with Gasteiger partial charge in [-0.25, -0.2) is 0 Å². The van der Waals surface area contributed by atoms with Crippen molar-refractivity contribution in [1.29, 1.82) is 0 Å². The maximum absolute atomic E-state index is 12.3. The van der Waals surface area contributed by atoms with Crippen LogP contribution in [0.5, 0.6) is 5.75 Å². The van der Waals surface area contributed by atoms with Gasteiger partial charge in [0.1, 0.15) is 5.75 Å². The monoisotopic (exact) mass is 350 g/mol. The normalized spacial score (nSPS) is 21.7. The van der Waals surface area contributed by atoms with Gasteiger partial charge in [-0.2, -0.15) is 21.6 Å². The number of hydrogen-bond donors (Lipinski definition) is 3. The fourth-order valence-electron chi connectivity index (χ4n) is 1.72. The summed E-state index contributed by atoms with van der Waals surface area (Å²) >= 11 is 0. The van der Waals surface area contributed by atoms with E-state index in [-0.39, 0.29) is 12.1 Å². The van der Waals surface area contributed by atoms with E-state index in [4.69, 9.17) is 10.5 Å². The van der Waals surface area contributed by atoms with Crippen LogP contribution in [0.1, 0.15) is 6.42 Å². The molecule has 0 bridgehead atoms. The fourth-order valence-corrected chi connectivity index (χ4v) is 2.29. The lowest BCUT2D eigenvalue weighted by Crippen LogP contribution is -2.38. The van der Waals surface area contributed by atoms with E-state index in [0.717, 1.165) is 18.2 Å². The maximum atomic E-state index is 12.3. The highest BCUT2D eigenvalue weighted by molar-refractivity contribution is 7.90. The van der Waals surface area contributed by atoms with Crippen molar-refractivity contribution in [3.63, 3.8) is 0 Å². The van der Waals surface area contributed by atoms with Crippen LogP contribution in [-0.4, -0.2) is 24.8 Å².